The van der Waals surface area contributed by atoms with E-state index in [0.29, 0.717) is 23.7 Å². The van der Waals surface area contributed by atoms with Crippen molar-refractivity contribution in [3.63, 3.8) is 0 Å². The molecule has 104 valence electrons. The predicted octanol–water partition coefficient (Wildman–Crippen LogP) is 2.79. The summed E-state index contributed by atoms with van der Waals surface area (Å²) in [6.07, 6.45) is -0.501. The molecule has 1 atom stereocenters. The quantitative estimate of drug-likeness (QED) is 0.732. The van der Waals surface area contributed by atoms with E-state index in [1.165, 1.54) is 0 Å². The molecule has 0 aromatic heterocycles. The Balaban J connectivity index is 2.33. The fraction of sp³-hybridized carbons (Fsp3) is 0.500. The number of para-hydroxylation sites is 1. The number of amides is 1. The van der Waals surface area contributed by atoms with E-state index in [-0.39, 0.29) is 12.2 Å². The van der Waals surface area contributed by atoms with E-state index in [1.807, 2.05) is 33.8 Å². The third-order valence-electron chi connectivity index (χ3n) is 2.69. The summed E-state index contributed by atoms with van der Waals surface area (Å²) in [5.41, 5.74) is 6.55. The van der Waals surface area contributed by atoms with Crippen molar-refractivity contribution in [2.45, 2.75) is 39.4 Å². The molecule has 0 saturated heterocycles. The summed E-state index contributed by atoms with van der Waals surface area (Å²) in [6, 6.07) is 5.36. The van der Waals surface area contributed by atoms with Gasteiger partial charge in [-0.3, -0.25) is 4.90 Å². The highest BCUT2D eigenvalue weighted by Crippen LogP contribution is 2.38. The highest BCUT2D eigenvalue weighted by Gasteiger charge is 2.31. The average Bonchev–Trinajstić information content (AvgIpc) is 2.27. The van der Waals surface area contributed by atoms with Gasteiger partial charge in [0.1, 0.15) is 11.7 Å². The molecule has 0 spiro atoms. The third kappa shape index (κ3) is 2.92. The van der Waals surface area contributed by atoms with Gasteiger partial charge < -0.3 is 15.2 Å². The fourth-order valence-electron chi connectivity index (χ4n) is 1.97. The van der Waals surface area contributed by atoms with Crippen LogP contribution in [0.2, 0.25) is 0 Å². The molecule has 19 heavy (non-hydrogen) atoms. The van der Waals surface area contributed by atoms with Crippen LogP contribution in [0, 0.1) is 0 Å². The molecule has 5 nitrogen and oxygen atoms in total. The Morgan fingerprint density at radius 1 is 1.47 bits per heavy atom. The van der Waals surface area contributed by atoms with Crippen LogP contribution >= 0.6 is 0 Å². The number of hydrogen-bond acceptors (Lipinski definition) is 4. The lowest BCUT2D eigenvalue weighted by atomic mass is 10.1. The number of nitrogens with two attached hydrogens (primary N) is 1. The first-order chi connectivity index (χ1) is 8.78. The second kappa shape index (κ2) is 4.64. The number of nitrogens with zero attached hydrogens (tertiary/aromatic N) is 1. The van der Waals surface area contributed by atoms with Crippen molar-refractivity contribution in [3.05, 3.63) is 18.2 Å². The van der Waals surface area contributed by atoms with Gasteiger partial charge >= 0.3 is 6.09 Å². The standard InChI is InChI=1S/C14H20N2O3/c1-9-8-16(13(17)19-14(2,3)4)11-7-5-6-10(15)12(11)18-9/h5-7,9H,8,15H2,1-4H3. The zero-order valence-corrected chi connectivity index (χ0v) is 11.8. The van der Waals surface area contributed by atoms with Gasteiger partial charge in [0.15, 0.2) is 5.75 Å². The Morgan fingerprint density at radius 2 is 2.16 bits per heavy atom. The van der Waals surface area contributed by atoms with Crippen LogP contribution in [0.5, 0.6) is 5.75 Å². The summed E-state index contributed by atoms with van der Waals surface area (Å²) in [5, 5.41) is 0. The van der Waals surface area contributed by atoms with E-state index < -0.39 is 5.60 Å². The van der Waals surface area contributed by atoms with Gasteiger partial charge in [-0.2, -0.15) is 0 Å². The average molecular weight is 264 g/mol. The SMILES string of the molecule is CC1CN(C(=O)OC(C)(C)C)c2cccc(N)c2O1. The second-order valence-electron chi connectivity index (χ2n) is 5.71. The number of fused-ring (bicyclic) bond motifs is 1. The highest BCUT2D eigenvalue weighted by atomic mass is 16.6. The van der Waals surface area contributed by atoms with Crippen molar-refractivity contribution in [3.8, 4) is 5.75 Å². The number of hydrogen-bond donors (Lipinski definition) is 1. The molecule has 0 aliphatic carbocycles. The monoisotopic (exact) mass is 264 g/mol. The molecular weight excluding hydrogens is 244 g/mol. The van der Waals surface area contributed by atoms with Crippen LogP contribution in [0.4, 0.5) is 16.2 Å². The summed E-state index contributed by atoms with van der Waals surface area (Å²) in [4.78, 5) is 13.8. The van der Waals surface area contributed by atoms with E-state index in [0.717, 1.165) is 0 Å². The number of ether oxygens (including phenoxy) is 2. The van der Waals surface area contributed by atoms with Gasteiger partial charge in [0.2, 0.25) is 0 Å². The predicted molar refractivity (Wildman–Crippen MR) is 74.5 cm³/mol. The molecule has 5 heteroatoms. The van der Waals surface area contributed by atoms with E-state index in [1.54, 1.807) is 17.0 Å². The molecule has 1 aromatic carbocycles. The lowest BCUT2D eigenvalue weighted by Gasteiger charge is -2.35. The third-order valence-corrected chi connectivity index (χ3v) is 2.69. The van der Waals surface area contributed by atoms with Gasteiger partial charge in [-0.1, -0.05) is 6.07 Å². The number of benzene rings is 1. The molecule has 0 radical (unpaired) electrons. The largest absolute Gasteiger partial charge is 0.484 e. The maximum Gasteiger partial charge on any atom is 0.415 e. The Bertz CT molecular complexity index is 494. The molecule has 0 bridgehead atoms. The molecule has 0 saturated carbocycles. The van der Waals surface area contributed by atoms with Gasteiger partial charge in [-0.15, -0.1) is 0 Å². The summed E-state index contributed by atoms with van der Waals surface area (Å²) in [7, 11) is 0. The summed E-state index contributed by atoms with van der Waals surface area (Å²) in [6.45, 7) is 7.87. The van der Waals surface area contributed by atoms with Gasteiger partial charge in [0.25, 0.3) is 0 Å². The molecular formula is C14H20N2O3. The van der Waals surface area contributed by atoms with Crippen LogP contribution in [-0.4, -0.2) is 24.3 Å². The smallest absolute Gasteiger partial charge is 0.415 e. The Labute approximate surface area is 113 Å². The van der Waals surface area contributed by atoms with Crippen molar-refractivity contribution in [2.75, 3.05) is 17.2 Å². The zero-order chi connectivity index (χ0) is 14.2. The maximum absolute atomic E-state index is 12.2. The molecule has 1 aromatic rings. The van der Waals surface area contributed by atoms with Gasteiger partial charge in [0, 0.05) is 0 Å². The van der Waals surface area contributed by atoms with Crippen LogP contribution in [0.3, 0.4) is 0 Å². The van der Waals surface area contributed by atoms with Gasteiger partial charge in [0.05, 0.1) is 17.9 Å². The Morgan fingerprint density at radius 3 is 2.79 bits per heavy atom. The lowest BCUT2D eigenvalue weighted by Crippen LogP contribution is -2.44. The Kier molecular flexibility index (Phi) is 3.30. The number of nitrogen functional groups attached to an aromatic ring is 1. The van der Waals surface area contributed by atoms with E-state index >= 15 is 0 Å². The van der Waals surface area contributed by atoms with Crippen molar-refractivity contribution >= 4 is 17.5 Å². The molecule has 1 aliphatic heterocycles. The molecule has 2 N–H and O–H groups in total. The summed E-state index contributed by atoms with van der Waals surface area (Å²) < 4.78 is 11.1. The molecule has 0 fully saturated rings. The van der Waals surface area contributed by atoms with E-state index in [9.17, 15) is 4.79 Å². The van der Waals surface area contributed by atoms with Crippen LogP contribution in [0.1, 0.15) is 27.7 Å². The van der Waals surface area contributed by atoms with E-state index in [4.69, 9.17) is 15.2 Å². The minimum atomic E-state index is -0.529. The normalized spacial score (nSPS) is 18.5. The molecule has 1 aliphatic rings. The van der Waals surface area contributed by atoms with Crippen LogP contribution < -0.4 is 15.4 Å². The lowest BCUT2D eigenvalue weighted by molar-refractivity contribution is 0.0552. The zero-order valence-electron chi connectivity index (χ0n) is 11.8. The number of rotatable bonds is 0. The highest BCUT2D eigenvalue weighted by molar-refractivity contribution is 5.92. The number of anilines is 2. The minimum Gasteiger partial charge on any atom is -0.484 e. The fourth-order valence-corrected chi connectivity index (χ4v) is 1.97. The van der Waals surface area contributed by atoms with Crippen molar-refractivity contribution in [1.29, 1.82) is 0 Å². The van der Waals surface area contributed by atoms with Crippen molar-refractivity contribution in [2.24, 2.45) is 0 Å². The van der Waals surface area contributed by atoms with Crippen molar-refractivity contribution in [1.82, 2.24) is 0 Å². The first-order valence-electron chi connectivity index (χ1n) is 6.33. The van der Waals surface area contributed by atoms with Gasteiger partial charge in [-0.05, 0) is 39.8 Å². The van der Waals surface area contributed by atoms with Crippen LogP contribution in [-0.2, 0) is 4.74 Å². The first-order valence-corrected chi connectivity index (χ1v) is 6.33. The van der Waals surface area contributed by atoms with Crippen LogP contribution in [0.15, 0.2) is 18.2 Å². The Hall–Kier alpha value is -1.91. The molecule has 2 rings (SSSR count). The van der Waals surface area contributed by atoms with Crippen LogP contribution in [0.25, 0.3) is 0 Å². The number of carbonyl (C=O) groups excluding carboxylic acids is 1. The second-order valence-corrected chi connectivity index (χ2v) is 5.71. The molecule has 1 unspecified atom stereocenters. The first kappa shape index (κ1) is 13.5. The summed E-state index contributed by atoms with van der Waals surface area (Å²) in [5.74, 6) is 0.548. The van der Waals surface area contributed by atoms with Crippen molar-refractivity contribution < 1.29 is 14.3 Å². The van der Waals surface area contributed by atoms with E-state index in [2.05, 4.69) is 0 Å². The molecule has 1 heterocycles. The number of carbonyl (C=O) groups is 1. The van der Waals surface area contributed by atoms with Gasteiger partial charge in [-0.25, -0.2) is 4.79 Å². The topological polar surface area (TPSA) is 64.8 Å². The maximum atomic E-state index is 12.2. The summed E-state index contributed by atoms with van der Waals surface area (Å²) >= 11 is 0. The molecule has 1 amide bonds. The minimum absolute atomic E-state index is 0.121.